The van der Waals surface area contributed by atoms with Crippen LogP contribution in [0.3, 0.4) is 0 Å². The highest BCUT2D eigenvalue weighted by atomic mass is 19.4. The summed E-state index contributed by atoms with van der Waals surface area (Å²) in [7, 11) is 0. The van der Waals surface area contributed by atoms with Crippen LogP contribution in [0.15, 0.2) is 36.7 Å². The van der Waals surface area contributed by atoms with Crippen LogP contribution >= 0.6 is 0 Å². The quantitative estimate of drug-likeness (QED) is 0.575. The number of hydrogen-bond acceptors (Lipinski definition) is 5. The summed E-state index contributed by atoms with van der Waals surface area (Å²) in [5, 5.41) is 11.5. The van der Waals surface area contributed by atoms with E-state index in [9.17, 15) is 27.2 Å². The molecule has 2 aromatic rings. The van der Waals surface area contributed by atoms with E-state index in [0.717, 1.165) is 38.3 Å². The topological polar surface area (TPSA) is 118 Å². The van der Waals surface area contributed by atoms with Crippen LogP contribution in [0.5, 0.6) is 0 Å². The second-order valence-electron chi connectivity index (χ2n) is 9.66. The number of carboxylic acid groups (broad SMARTS) is 1. The molecule has 34 heavy (non-hydrogen) atoms. The largest absolute Gasteiger partial charge is 0.476 e. The Labute approximate surface area is 192 Å². The molecule has 0 saturated heterocycles. The van der Waals surface area contributed by atoms with E-state index >= 15 is 0 Å². The highest BCUT2D eigenvalue weighted by molar-refractivity contribution is 5.94. The minimum Gasteiger partial charge on any atom is -0.476 e. The van der Waals surface area contributed by atoms with Gasteiger partial charge in [0.15, 0.2) is 11.4 Å². The Balaban J connectivity index is 0.000000182. The smallest absolute Gasteiger partial charge is 0.434 e. The molecular formula is C23H24F4N4O3. The molecule has 0 radical (unpaired) electrons. The number of aromatic nitrogens is 2. The summed E-state index contributed by atoms with van der Waals surface area (Å²) in [6, 6.07) is 5.90. The molecule has 4 N–H and O–H groups in total. The van der Waals surface area contributed by atoms with E-state index in [0.29, 0.717) is 23.6 Å². The van der Waals surface area contributed by atoms with Crippen molar-refractivity contribution in [2.45, 2.75) is 55.8 Å². The van der Waals surface area contributed by atoms with Gasteiger partial charge in [0.1, 0.15) is 5.82 Å². The van der Waals surface area contributed by atoms with Gasteiger partial charge in [0, 0.05) is 16.6 Å². The van der Waals surface area contributed by atoms with Crippen LogP contribution in [0, 0.1) is 17.7 Å². The van der Waals surface area contributed by atoms with E-state index in [4.69, 9.17) is 10.8 Å². The molecule has 1 aromatic carbocycles. The number of hydrogen-bond donors (Lipinski definition) is 3. The average molecular weight is 480 g/mol. The highest BCUT2D eigenvalue weighted by Crippen LogP contribution is 2.56. The molecule has 2 atom stereocenters. The number of nitrogens with two attached hydrogens (primary N) is 1. The third kappa shape index (κ3) is 5.19. The van der Waals surface area contributed by atoms with Crippen LogP contribution in [0.25, 0.3) is 0 Å². The Hall–Kier alpha value is -3.08. The van der Waals surface area contributed by atoms with Gasteiger partial charge < -0.3 is 16.2 Å². The molecule has 0 spiro atoms. The molecular weight excluding hydrogens is 456 g/mol. The molecule has 1 amide bonds. The number of halogens is 4. The normalized spacial score (nSPS) is 29.2. The third-order valence-electron chi connectivity index (χ3n) is 6.72. The second kappa shape index (κ2) is 8.61. The van der Waals surface area contributed by atoms with Gasteiger partial charge in [-0.1, -0.05) is 6.07 Å². The molecule has 1 heterocycles. The highest BCUT2D eigenvalue weighted by Gasteiger charge is 2.56. The zero-order valence-corrected chi connectivity index (χ0v) is 18.1. The predicted molar refractivity (Wildman–Crippen MR) is 112 cm³/mol. The molecule has 0 aliphatic heterocycles. The molecule has 182 valence electrons. The van der Waals surface area contributed by atoms with Crippen molar-refractivity contribution in [3.63, 3.8) is 0 Å². The van der Waals surface area contributed by atoms with Crippen LogP contribution in [0.2, 0.25) is 0 Å². The summed E-state index contributed by atoms with van der Waals surface area (Å²) < 4.78 is 49.1. The predicted octanol–water partition coefficient (Wildman–Crippen LogP) is 3.80. The number of nitrogens with zero attached hydrogens (tertiary/aromatic N) is 2. The molecule has 7 nitrogen and oxygen atoms in total. The number of amides is 1. The molecule has 4 saturated carbocycles. The Bertz CT molecular complexity index is 1090. The van der Waals surface area contributed by atoms with Gasteiger partial charge in [-0.25, -0.2) is 14.2 Å². The zero-order valence-electron chi connectivity index (χ0n) is 18.1. The lowest BCUT2D eigenvalue weighted by molar-refractivity contribution is -0.141. The first-order chi connectivity index (χ1) is 15.9. The van der Waals surface area contributed by atoms with Gasteiger partial charge in [0.2, 0.25) is 0 Å². The number of carboxylic acids is 1. The zero-order chi connectivity index (χ0) is 24.7. The number of alkyl halides is 3. The van der Waals surface area contributed by atoms with Crippen molar-refractivity contribution in [2.75, 3.05) is 0 Å². The summed E-state index contributed by atoms with van der Waals surface area (Å²) in [4.78, 5) is 28.6. The van der Waals surface area contributed by atoms with Crippen molar-refractivity contribution < 1.29 is 32.3 Å². The molecule has 6 rings (SSSR count). The summed E-state index contributed by atoms with van der Waals surface area (Å²) in [5.74, 6) is -0.796. The Morgan fingerprint density at radius 3 is 2.35 bits per heavy atom. The third-order valence-corrected chi connectivity index (χ3v) is 6.72. The van der Waals surface area contributed by atoms with Crippen LogP contribution in [0.1, 0.15) is 65.1 Å². The lowest BCUT2D eigenvalue weighted by atomic mass is 9.50. The SMILES string of the molecule is NC12CC3CC(C1)CC(NC(=O)c1cccc(F)c1)(C3)C2.O=C(O)c1cncc(C(F)(F)F)n1. The van der Waals surface area contributed by atoms with E-state index in [-0.39, 0.29) is 22.8 Å². The van der Waals surface area contributed by atoms with Gasteiger partial charge in [0.25, 0.3) is 5.91 Å². The number of aromatic carboxylic acids is 1. The number of rotatable bonds is 3. The van der Waals surface area contributed by atoms with Crippen molar-refractivity contribution >= 4 is 11.9 Å². The number of benzene rings is 1. The Morgan fingerprint density at radius 1 is 1.12 bits per heavy atom. The summed E-state index contributed by atoms with van der Waals surface area (Å²) in [6.45, 7) is 0. The summed E-state index contributed by atoms with van der Waals surface area (Å²) in [6.07, 6.45) is 2.93. The molecule has 4 fully saturated rings. The van der Waals surface area contributed by atoms with E-state index < -0.39 is 23.5 Å². The van der Waals surface area contributed by atoms with Crippen molar-refractivity contribution in [1.29, 1.82) is 0 Å². The minimum atomic E-state index is -4.67. The first-order valence-electron chi connectivity index (χ1n) is 10.9. The lowest BCUT2D eigenvalue weighted by Gasteiger charge is -2.61. The fourth-order valence-corrected chi connectivity index (χ4v) is 6.03. The standard InChI is InChI=1S/C17H21FN2O.C6H3F3N2O2/c18-14-3-1-2-13(5-14)15(21)20-17-8-11-4-12(9-17)7-16(19,6-11)10-17;7-6(8,9)4-2-10-1-3(11-4)5(12)13/h1-3,5,11-12H,4,6-10,19H2,(H,20,21);1-2H,(H,12,13). The van der Waals surface area contributed by atoms with Gasteiger partial charge in [-0.3, -0.25) is 9.78 Å². The van der Waals surface area contributed by atoms with Crippen molar-refractivity contribution in [3.8, 4) is 0 Å². The minimum absolute atomic E-state index is 0.0979. The van der Waals surface area contributed by atoms with Crippen molar-refractivity contribution in [1.82, 2.24) is 15.3 Å². The molecule has 4 aliphatic carbocycles. The van der Waals surface area contributed by atoms with Gasteiger partial charge in [-0.05, 0) is 68.6 Å². The van der Waals surface area contributed by atoms with E-state index in [1.807, 2.05) is 0 Å². The van der Waals surface area contributed by atoms with Crippen LogP contribution in [-0.2, 0) is 6.18 Å². The van der Waals surface area contributed by atoms with Gasteiger partial charge in [-0.15, -0.1) is 0 Å². The fourth-order valence-electron chi connectivity index (χ4n) is 6.03. The van der Waals surface area contributed by atoms with Crippen LogP contribution in [-0.4, -0.2) is 38.0 Å². The van der Waals surface area contributed by atoms with E-state index in [2.05, 4.69) is 15.3 Å². The summed E-state index contributed by atoms with van der Waals surface area (Å²) in [5.41, 5.74) is 4.63. The van der Waals surface area contributed by atoms with E-state index in [1.54, 1.807) is 12.1 Å². The Kier molecular flexibility index (Phi) is 6.09. The molecule has 1 aromatic heterocycles. The molecule has 4 bridgehead atoms. The summed E-state index contributed by atoms with van der Waals surface area (Å²) >= 11 is 0. The maximum absolute atomic E-state index is 13.3. The molecule has 11 heteroatoms. The number of nitrogens with one attached hydrogen (secondary N) is 1. The lowest BCUT2D eigenvalue weighted by Crippen LogP contribution is -2.68. The van der Waals surface area contributed by atoms with Gasteiger partial charge in [0.05, 0.1) is 12.4 Å². The molecule has 2 unspecified atom stereocenters. The monoisotopic (exact) mass is 480 g/mol. The Morgan fingerprint density at radius 2 is 1.79 bits per heavy atom. The van der Waals surface area contributed by atoms with Crippen LogP contribution < -0.4 is 11.1 Å². The second-order valence-corrected chi connectivity index (χ2v) is 9.66. The maximum atomic E-state index is 13.3. The van der Waals surface area contributed by atoms with Crippen LogP contribution in [0.4, 0.5) is 17.6 Å². The van der Waals surface area contributed by atoms with E-state index in [1.165, 1.54) is 18.6 Å². The average Bonchev–Trinajstić information content (AvgIpc) is 2.71. The first-order valence-corrected chi connectivity index (χ1v) is 10.9. The van der Waals surface area contributed by atoms with Crippen molar-refractivity contribution in [2.24, 2.45) is 17.6 Å². The maximum Gasteiger partial charge on any atom is 0.434 e. The number of carbonyl (C=O) groups is 2. The molecule has 4 aliphatic rings. The van der Waals surface area contributed by atoms with Crippen molar-refractivity contribution in [3.05, 3.63) is 59.4 Å². The van der Waals surface area contributed by atoms with Gasteiger partial charge >= 0.3 is 12.1 Å². The fraction of sp³-hybridized carbons (Fsp3) is 0.478. The first kappa shape index (κ1) is 24.1. The van der Waals surface area contributed by atoms with Gasteiger partial charge in [-0.2, -0.15) is 13.2 Å². The number of carbonyl (C=O) groups excluding carboxylic acids is 1.